The van der Waals surface area contributed by atoms with E-state index in [4.69, 9.17) is 0 Å². The molecule has 1 aromatic carbocycles. The number of hydrogen-bond acceptors (Lipinski definition) is 3. The summed E-state index contributed by atoms with van der Waals surface area (Å²) in [4.78, 5) is 28.4. The van der Waals surface area contributed by atoms with E-state index in [1.54, 1.807) is 6.92 Å². The number of aromatic nitrogens is 3. The van der Waals surface area contributed by atoms with Crippen LogP contribution in [0.5, 0.6) is 0 Å². The van der Waals surface area contributed by atoms with Crippen LogP contribution in [0.25, 0.3) is 5.65 Å². The highest BCUT2D eigenvalue weighted by atomic mass is 79.9. The largest absolute Gasteiger partial charge is 0.348 e. The van der Waals surface area contributed by atoms with Crippen molar-refractivity contribution >= 4 is 27.5 Å². The minimum Gasteiger partial charge on any atom is -0.348 e. The Morgan fingerprint density at radius 1 is 1.41 bits per heavy atom. The Hall–Kier alpha value is -2.41. The van der Waals surface area contributed by atoms with E-state index in [1.807, 2.05) is 24.3 Å². The molecule has 0 spiro atoms. The molecule has 3 rings (SSSR count). The van der Waals surface area contributed by atoms with Gasteiger partial charge in [0.2, 0.25) is 0 Å². The van der Waals surface area contributed by atoms with E-state index in [9.17, 15) is 9.59 Å². The molecule has 0 atom stereocenters. The van der Waals surface area contributed by atoms with Gasteiger partial charge in [0.1, 0.15) is 5.56 Å². The van der Waals surface area contributed by atoms with Crippen molar-refractivity contribution in [2.24, 2.45) is 0 Å². The first-order valence-electron chi connectivity index (χ1n) is 6.65. The summed E-state index contributed by atoms with van der Waals surface area (Å²) in [6, 6.07) is 9.06. The third kappa shape index (κ3) is 2.67. The average molecular weight is 361 g/mol. The summed E-state index contributed by atoms with van der Waals surface area (Å²) < 4.78 is 2.18. The first-order chi connectivity index (χ1) is 10.6. The van der Waals surface area contributed by atoms with Crippen molar-refractivity contribution in [3.8, 4) is 0 Å². The number of carbonyl (C=O) groups is 1. The van der Waals surface area contributed by atoms with E-state index in [0.29, 0.717) is 23.4 Å². The van der Waals surface area contributed by atoms with Gasteiger partial charge in [-0.15, -0.1) is 0 Å². The number of nitrogens with zero attached hydrogens (tertiary/aromatic N) is 2. The van der Waals surface area contributed by atoms with Crippen LogP contribution in [-0.4, -0.2) is 20.5 Å². The second-order valence-electron chi connectivity index (χ2n) is 4.86. The quantitative estimate of drug-likeness (QED) is 0.749. The fourth-order valence-corrected chi connectivity index (χ4v) is 2.60. The maximum atomic E-state index is 12.3. The number of rotatable bonds is 3. The zero-order chi connectivity index (χ0) is 15.7. The van der Waals surface area contributed by atoms with Crippen molar-refractivity contribution < 1.29 is 4.79 Å². The smallest absolute Gasteiger partial charge is 0.272 e. The summed E-state index contributed by atoms with van der Waals surface area (Å²) >= 11 is 3.44. The van der Waals surface area contributed by atoms with Gasteiger partial charge in [-0.1, -0.05) is 34.1 Å². The first kappa shape index (κ1) is 14.5. The van der Waals surface area contributed by atoms with Crippen LogP contribution in [0.3, 0.4) is 0 Å². The summed E-state index contributed by atoms with van der Waals surface area (Å²) in [5, 5.41) is 5.57. The van der Waals surface area contributed by atoms with E-state index < -0.39 is 0 Å². The van der Waals surface area contributed by atoms with Crippen molar-refractivity contribution in [3.63, 3.8) is 0 Å². The van der Waals surface area contributed by atoms with Gasteiger partial charge in [0, 0.05) is 29.0 Å². The number of carbonyl (C=O) groups excluding carboxylic acids is 1. The zero-order valence-corrected chi connectivity index (χ0v) is 13.3. The molecule has 0 radical (unpaired) electrons. The number of fused-ring (bicyclic) bond motifs is 1. The molecular formula is C15H13BrN4O2. The van der Waals surface area contributed by atoms with E-state index >= 15 is 0 Å². The molecule has 1 amide bonds. The van der Waals surface area contributed by atoms with Gasteiger partial charge in [-0.25, -0.2) is 9.50 Å². The molecule has 0 fully saturated rings. The molecule has 0 unspecified atom stereocenters. The number of aryl methyl sites for hydroxylation is 1. The Kier molecular flexibility index (Phi) is 3.81. The highest BCUT2D eigenvalue weighted by molar-refractivity contribution is 9.10. The molecule has 2 N–H and O–H groups in total. The van der Waals surface area contributed by atoms with Crippen LogP contribution in [0.15, 0.2) is 45.8 Å². The van der Waals surface area contributed by atoms with Gasteiger partial charge in [-0.05, 0) is 18.6 Å². The van der Waals surface area contributed by atoms with Crippen molar-refractivity contribution in [3.05, 3.63) is 68.2 Å². The van der Waals surface area contributed by atoms with Crippen LogP contribution < -0.4 is 10.9 Å². The Morgan fingerprint density at radius 3 is 2.95 bits per heavy atom. The Labute approximate surface area is 134 Å². The number of nitrogens with one attached hydrogen (secondary N) is 2. The van der Waals surface area contributed by atoms with Crippen LogP contribution in [0, 0.1) is 6.92 Å². The van der Waals surface area contributed by atoms with Gasteiger partial charge < -0.3 is 5.32 Å². The maximum absolute atomic E-state index is 12.3. The number of benzene rings is 1. The molecule has 0 aliphatic carbocycles. The van der Waals surface area contributed by atoms with Crippen molar-refractivity contribution in [1.29, 1.82) is 0 Å². The molecule has 7 heteroatoms. The standard InChI is InChI=1S/C15H13BrN4O2/c1-9-6-13(21)20-14(19-9)11(8-18-20)15(22)17-7-10-4-2-3-5-12(10)16/h2-6,8,18H,7H2,1H3,(H,17,22). The van der Waals surface area contributed by atoms with E-state index in [0.717, 1.165) is 10.0 Å². The molecule has 22 heavy (non-hydrogen) atoms. The van der Waals surface area contributed by atoms with Crippen molar-refractivity contribution in [2.75, 3.05) is 0 Å². The number of hydrogen-bond donors (Lipinski definition) is 2. The SMILES string of the molecule is Cc1cc(=O)n2[nH]cc(C(=O)NCc3ccccc3Br)c2n1. The molecule has 0 saturated carbocycles. The van der Waals surface area contributed by atoms with Crippen LogP contribution in [0.1, 0.15) is 21.6 Å². The molecule has 0 aliphatic heterocycles. The monoisotopic (exact) mass is 360 g/mol. The fraction of sp³-hybridized carbons (Fsp3) is 0.133. The van der Waals surface area contributed by atoms with Crippen LogP contribution in [-0.2, 0) is 6.54 Å². The van der Waals surface area contributed by atoms with E-state index in [1.165, 1.54) is 16.8 Å². The molecule has 0 bridgehead atoms. The second-order valence-corrected chi connectivity index (χ2v) is 5.71. The molecule has 0 saturated heterocycles. The topological polar surface area (TPSA) is 79.3 Å². The highest BCUT2D eigenvalue weighted by Gasteiger charge is 2.15. The van der Waals surface area contributed by atoms with Crippen molar-refractivity contribution in [1.82, 2.24) is 19.9 Å². The number of amides is 1. The molecule has 2 aromatic heterocycles. The lowest BCUT2D eigenvalue weighted by Gasteiger charge is -2.06. The predicted molar refractivity (Wildman–Crippen MR) is 85.9 cm³/mol. The van der Waals surface area contributed by atoms with E-state index in [-0.39, 0.29) is 11.5 Å². The van der Waals surface area contributed by atoms with Crippen LogP contribution in [0.2, 0.25) is 0 Å². The molecule has 3 aromatic rings. The minimum absolute atomic E-state index is 0.243. The predicted octanol–water partition coefficient (Wildman–Crippen LogP) is 2.02. The Bertz CT molecular complexity index is 913. The average Bonchev–Trinajstić information content (AvgIpc) is 2.90. The third-order valence-corrected chi connectivity index (χ3v) is 4.04. The summed E-state index contributed by atoms with van der Waals surface area (Å²) in [6.45, 7) is 2.10. The molecule has 6 nitrogen and oxygen atoms in total. The summed E-state index contributed by atoms with van der Waals surface area (Å²) in [6.07, 6.45) is 1.48. The fourth-order valence-electron chi connectivity index (χ4n) is 2.18. The lowest BCUT2D eigenvalue weighted by Crippen LogP contribution is -2.23. The second kappa shape index (κ2) is 5.76. The molecular weight excluding hydrogens is 348 g/mol. The highest BCUT2D eigenvalue weighted by Crippen LogP contribution is 2.15. The van der Waals surface area contributed by atoms with Gasteiger partial charge in [0.05, 0.1) is 0 Å². The molecule has 0 aliphatic rings. The van der Waals surface area contributed by atoms with Gasteiger partial charge in [0.25, 0.3) is 11.5 Å². The Balaban J connectivity index is 1.87. The zero-order valence-electron chi connectivity index (χ0n) is 11.8. The lowest BCUT2D eigenvalue weighted by atomic mass is 10.2. The van der Waals surface area contributed by atoms with Gasteiger partial charge in [-0.2, -0.15) is 0 Å². The maximum Gasteiger partial charge on any atom is 0.272 e. The first-order valence-corrected chi connectivity index (χ1v) is 7.45. The molecule has 112 valence electrons. The number of halogens is 1. The molecule has 2 heterocycles. The summed E-state index contributed by atoms with van der Waals surface area (Å²) in [5.74, 6) is -0.285. The lowest BCUT2D eigenvalue weighted by molar-refractivity contribution is 0.0952. The van der Waals surface area contributed by atoms with Gasteiger partial charge in [-0.3, -0.25) is 14.7 Å². The van der Waals surface area contributed by atoms with Crippen LogP contribution in [0.4, 0.5) is 0 Å². The van der Waals surface area contributed by atoms with E-state index in [2.05, 4.69) is 31.3 Å². The normalized spacial score (nSPS) is 10.8. The van der Waals surface area contributed by atoms with Gasteiger partial charge in [0.15, 0.2) is 5.65 Å². The summed E-state index contributed by atoms with van der Waals surface area (Å²) in [7, 11) is 0. The Morgan fingerprint density at radius 2 is 2.18 bits per heavy atom. The number of H-pyrrole nitrogens is 1. The van der Waals surface area contributed by atoms with Crippen molar-refractivity contribution in [2.45, 2.75) is 13.5 Å². The van der Waals surface area contributed by atoms with Crippen LogP contribution >= 0.6 is 15.9 Å². The minimum atomic E-state index is -0.285. The number of aromatic amines is 1. The van der Waals surface area contributed by atoms with Gasteiger partial charge >= 0.3 is 0 Å². The third-order valence-electron chi connectivity index (χ3n) is 3.27. The summed E-state index contributed by atoms with van der Waals surface area (Å²) in [5.41, 5.74) is 1.97.